The van der Waals surface area contributed by atoms with Gasteiger partial charge in [-0.3, -0.25) is 0 Å². The Morgan fingerprint density at radius 2 is 2.12 bits per heavy atom. The molecule has 2 N–H and O–H groups in total. The summed E-state index contributed by atoms with van der Waals surface area (Å²) in [5.41, 5.74) is 8.18. The van der Waals surface area contributed by atoms with Crippen LogP contribution in [0, 0.1) is 6.92 Å². The number of benzene rings is 1. The quantitative estimate of drug-likeness (QED) is 0.894. The number of nitrogens with two attached hydrogens (primary N) is 1. The molecule has 17 heavy (non-hydrogen) atoms. The molecule has 90 valence electrons. The van der Waals surface area contributed by atoms with Gasteiger partial charge >= 0.3 is 0 Å². The number of thiazole rings is 1. The molecule has 0 radical (unpaired) electrons. The van der Waals surface area contributed by atoms with E-state index in [9.17, 15) is 0 Å². The first kappa shape index (κ1) is 11.9. The molecule has 1 heterocycles. The summed E-state index contributed by atoms with van der Waals surface area (Å²) in [6.07, 6.45) is 1.61. The van der Waals surface area contributed by atoms with Crippen LogP contribution in [0.3, 0.4) is 0 Å². The van der Waals surface area contributed by atoms with Crippen molar-refractivity contribution >= 4 is 16.3 Å². The maximum absolute atomic E-state index is 5.64. The first-order valence-electron chi connectivity index (χ1n) is 5.56. The van der Waals surface area contributed by atoms with E-state index in [1.807, 2.05) is 12.1 Å². The molecule has 0 aliphatic carbocycles. The number of aryl methyl sites for hydroxylation is 1. The molecule has 0 saturated heterocycles. The maximum Gasteiger partial charge on any atom is 0.280 e. The molecule has 2 rings (SSSR count). The zero-order valence-electron chi connectivity index (χ0n) is 10.2. The lowest BCUT2D eigenvalue weighted by Crippen LogP contribution is -1.92. The van der Waals surface area contributed by atoms with E-state index in [1.54, 1.807) is 6.20 Å². The molecule has 1 aromatic carbocycles. The Kier molecular flexibility index (Phi) is 3.33. The molecule has 0 aliphatic rings. The lowest BCUT2D eigenvalue weighted by molar-refractivity contribution is 0.478. The summed E-state index contributed by atoms with van der Waals surface area (Å²) in [5.74, 6) is 1.33. The van der Waals surface area contributed by atoms with Crippen LogP contribution in [0.1, 0.15) is 30.9 Å². The highest BCUT2D eigenvalue weighted by atomic mass is 32.1. The van der Waals surface area contributed by atoms with E-state index in [-0.39, 0.29) is 0 Å². The first-order valence-corrected chi connectivity index (χ1v) is 6.37. The van der Waals surface area contributed by atoms with Crippen molar-refractivity contribution in [2.45, 2.75) is 26.7 Å². The predicted octanol–water partition coefficient (Wildman–Crippen LogP) is 3.95. The van der Waals surface area contributed by atoms with Gasteiger partial charge in [-0.25, -0.2) is 4.98 Å². The van der Waals surface area contributed by atoms with Gasteiger partial charge in [0.1, 0.15) is 10.8 Å². The van der Waals surface area contributed by atoms with Gasteiger partial charge in [0.2, 0.25) is 0 Å². The minimum atomic E-state index is 0.527. The van der Waals surface area contributed by atoms with Crippen molar-refractivity contribution in [3.63, 3.8) is 0 Å². The third kappa shape index (κ3) is 2.77. The van der Waals surface area contributed by atoms with Crippen molar-refractivity contribution < 1.29 is 4.74 Å². The number of nitrogens with zero attached hydrogens (tertiary/aromatic N) is 1. The number of hydrogen-bond acceptors (Lipinski definition) is 4. The third-order valence-electron chi connectivity index (χ3n) is 2.57. The highest BCUT2D eigenvalue weighted by Crippen LogP contribution is 2.30. The average Bonchev–Trinajstić information content (AvgIpc) is 2.63. The van der Waals surface area contributed by atoms with E-state index >= 15 is 0 Å². The molecule has 4 heteroatoms. The van der Waals surface area contributed by atoms with E-state index in [2.05, 4.69) is 31.8 Å². The summed E-state index contributed by atoms with van der Waals surface area (Å²) in [6, 6.07) is 6.11. The van der Waals surface area contributed by atoms with Gasteiger partial charge < -0.3 is 10.5 Å². The van der Waals surface area contributed by atoms with Crippen LogP contribution in [-0.2, 0) is 0 Å². The Morgan fingerprint density at radius 1 is 1.35 bits per heavy atom. The summed E-state index contributed by atoms with van der Waals surface area (Å²) >= 11 is 1.34. The van der Waals surface area contributed by atoms with Crippen LogP contribution in [0.5, 0.6) is 10.9 Å². The Hall–Kier alpha value is -1.55. The zero-order chi connectivity index (χ0) is 12.4. The fourth-order valence-electron chi connectivity index (χ4n) is 1.78. The Labute approximate surface area is 105 Å². The van der Waals surface area contributed by atoms with E-state index in [1.165, 1.54) is 22.5 Å². The monoisotopic (exact) mass is 248 g/mol. The SMILES string of the molecule is Cc1cc(Oc2ncc(N)s2)ccc1C(C)C. The summed E-state index contributed by atoms with van der Waals surface area (Å²) in [6.45, 7) is 6.47. The number of rotatable bonds is 3. The molecular formula is C13H16N2OS. The van der Waals surface area contributed by atoms with Crippen molar-refractivity contribution in [3.05, 3.63) is 35.5 Å². The second-order valence-electron chi connectivity index (χ2n) is 4.30. The molecule has 3 nitrogen and oxygen atoms in total. The van der Waals surface area contributed by atoms with Gasteiger partial charge in [0.05, 0.1) is 6.20 Å². The van der Waals surface area contributed by atoms with Crippen molar-refractivity contribution in [1.82, 2.24) is 4.98 Å². The van der Waals surface area contributed by atoms with Crippen molar-refractivity contribution in [2.75, 3.05) is 5.73 Å². The van der Waals surface area contributed by atoms with Gasteiger partial charge in [-0.15, -0.1) is 0 Å². The molecular weight excluding hydrogens is 232 g/mol. The van der Waals surface area contributed by atoms with Crippen LogP contribution in [0.4, 0.5) is 5.00 Å². The first-order chi connectivity index (χ1) is 8.06. The molecule has 0 unspecified atom stereocenters. The van der Waals surface area contributed by atoms with Crippen molar-refractivity contribution in [1.29, 1.82) is 0 Å². The molecule has 0 aliphatic heterocycles. The third-order valence-corrected chi connectivity index (χ3v) is 3.28. The molecule has 0 spiro atoms. The second-order valence-corrected chi connectivity index (χ2v) is 5.33. The summed E-state index contributed by atoms with van der Waals surface area (Å²) in [4.78, 5) is 4.07. The number of aromatic nitrogens is 1. The van der Waals surface area contributed by atoms with E-state index < -0.39 is 0 Å². The average molecular weight is 248 g/mol. The number of anilines is 1. The molecule has 1 aromatic heterocycles. The highest BCUT2D eigenvalue weighted by Gasteiger charge is 2.06. The van der Waals surface area contributed by atoms with E-state index in [0.717, 1.165) is 5.75 Å². The molecule has 0 amide bonds. The minimum absolute atomic E-state index is 0.527. The largest absolute Gasteiger partial charge is 0.431 e. The van der Waals surface area contributed by atoms with Crippen molar-refractivity contribution in [3.8, 4) is 10.9 Å². The van der Waals surface area contributed by atoms with Gasteiger partial charge in [-0.1, -0.05) is 31.3 Å². The van der Waals surface area contributed by atoms with Gasteiger partial charge in [0.25, 0.3) is 5.19 Å². The number of nitrogen functional groups attached to an aromatic ring is 1. The predicted molar refractivity (Wildman–Crippen MR) is 71.9 cm³/mol. The van der Waals surface area contributed by atoms with Crippen LogP contribution in [0.25, 0.3) is 0 Å². The zero-order valence-corrected chi connectivity index (χ0v) is 11.0. The second kappa shape index (κ2) is 4.75. The van der Waals surface area contributed by atoms with Crippen LogP contribution in [0.15, 0.2) is 24.4 Å². The van der Waals surface area contributed by atoms with Gasteiger partial charge in [-0.2, -0.15) is 0 Å². The van der Waals surface area contributed by atoms with Gasteiger partial charge in [0.15, 0.2) is 0 Å². The maximum atomic E-state index is 5.64. The van der Waals surface area contributed by atoms with Crippen LogP contribution < -0.4 is 10.5 Å². The number of hydrogen-bond donors (Lipinski definition) is 1. The molecule has 0 bridgehead atoms. The Bertz CT molecular complexity index is 520. The summed E-state index contributed by atoms with van der Waals surface area (Å²) in [7, 11) is 0. The number of ether oxygens (including phenoxy) is 1. The molecule has 0 atom stereocenters. The van der Waals surface area contributed by atoms with E-state index in [4.69, 9.17) is 10.5 Å². The van der Waals surface area contributed by atoms with E-state index in [0.29, 0.717) is 16.1 Å². The summed E-state index contributed by atoms with van der Waals surface area (Å²) in [5, 5.41) is 1.25. The molecule has 0 saturated carbocycles. The normalized spacial score (nSPS) is 10.8. The summed E-state index contributed by atoms with van der Waals surface area (Å²) < 4.78 is 5.64. The smallest absolute Gasteiger partial charge is 0.280 e. The minimum Gasteiger partial charge on any atom is -0.431 e. The van der Waals surface area contributed by atoms with Crippen LogP contribution >= 0.6 is 11.3 Å². The van der Waals surface area contributed by atoms with Gasteiger partial charge in [-0.05, 0) is 36.1 Å². The Morgan fingerprint density at radius 3 is 2.65 bits per heavy atom. The van der Waals surface area contributed by atoms with Crippen LogP contribution in [-0.4, -0.2) is 4.98 Å². The van der Waals surface area contributed by atoms with Crippen molar-refractivity contribution in [2.24, 2.45) is 0 Å². The fraction of sp³-hybridized carbons (Fsp3) is 0.308. The fourth-order valence-corrected chi connectivity index (χ4v) is 2.33. The Balaban J connectivity index is 2.20. The topological polar surface area (TPSA) is 48.1 Å². The lowest BCUT2D eigenvalue weighted by atomic mass is 9.98. The highest BCUT2D eigenvalue weighted by molar-refractivity contribution is 7.17. The molecule has 2 aromatic rings. The standard InChI is InChI=1S/C13H16N2OS/c1-8(2)11-5-4-10(6-9(11)3)16-13-15-7-12(14)17-13/h4-8H,14H2,1-3H3. The lowest BCUT2D eigenvalue weighted by Gasteiger charge is -2.11. The van der Waals surface area contributed by atoms with Gasteiger partial charge in [0, 0.05) is 0 Å². The van der Waals surface area contributed by atoms with Crippen LogP contribution in [0.2, 0.25) is 0 Å². The molecule has 0 fully saturated rings.